The van der Waals surface area contributed by atoms with Crippen molar-refractivity contribution in [2.24, 2.45) is 5.92 Å². The van der Waals surface area contributed by atoms with Crippen molar-refractivity contribution in [1.29, 1.82) is 0 Å². The van der Waals surface area contributed by atoms with Crippen molar-refractivity contribution in [3.63, 3.8) is 0 Å². The number of carbonyl (C=O) groups excluding carboxylic acids is 2. The molecule has 0 bridgehead atoms. The second kappa shape index (κ2) is 8.65. The summed E-state index contributed by atoms with van der Waals surface area (Å²) in [4.78, 5) is 27.9. The highest BCUT2D eigenvalue weighted by Crippen LogP contribution is 2.44. The third kappa shape index (κ3) is 4.22. The Labute approximate surface area is 172 Å². The molecule has 3 rings (SSSR count). The number of ketones is 1. The van der Waals surface area contributed by atoms with E-state index < -0.39 is 17.1 Å². The minimum atomic E-state index is -0.820. The summed E-state index contributed by atoms with van der Waals surface area (Å²) in [5.74, 6) is -0.631. The van der Waals surface area contributed by atoms with Gasteiger partial charge < -0.3 is 9.58 Å². The zero-order valence-corrected chi connectivity index (χ0v) is 17.4. The summed E-state index contributed by atoms with van der Waals surface area (Å²) in [6, 6.07) is 5.11. The molecule has 1 aliphatic heterocycles. The second-order valence-corrected chi connectivity index (χ2v) is 8.58. The number of esters is 1. The van der Waals surface area contributed by atoms with Crippen LogP contribution in [-0.4, -0.2) is 17.4 Å². The van der Waals surface area contributed by atoms with Gasteiger partial charge in [0.1, 0.15) is 23.6 Å². The molecule has 0 N–H and O–H groups in total. The van der Waals surface area contributed by atoms with Crippen LogP contribution in [0.4, 0.5) is 4.39 Å². The number of rotatable bonds is 7. The van der Waals surface area contributed by atoms with E-state index in [2.05, 4.69) is 4.85 Å². The van der Waals surface area contributed by atoms with E-state index in [9.17, 15) is 14.0 Å². The summed E-state index contributed by atoms with van der Waals surface area (Å²) in [5.41, 5.74) is -0.306. The fourth-order valence-corrected chi connectivity index (χ4v) is 5.18. The third-order valence-corrected chi connectivity index (χ3v) is 7.01. The molecule has 29 heavy (non-hydrogen) atoms. The topological polar surface area (TPSA) is 47.7 Å². The Kier molecular flexibility index (Phi) is 6.41. The molecule has 1 saturated heterocycles. The normalized spacial score (nSPS) is 23.1. The Morgan fingerprint density at radius 2 is 1.93 bits per heavy atom. The quantitative estimate of drug-likeness (QED) is 0.344. The smallest absolute Gasteiger partial charge is 0.313 e. The Hall–Kier alpha value is -2.22. The van der Waals surface area contributed by atoms with Crippen molar-refractivity contribution in [3.8, 4) is 0 Å². The number of cyclic esters (lactones) is 1. The average molecular weight is 400 g/mol. The van der Waals surface area contributed by atoms with Gasteiger partial charge in [-0.15, -0.1) is 0 Å². The van der Waals surface area contributed by atoms with Gasteiger partial charge in [0.15, 0.2) is 0 Å². The molecule has 0 radical (unpaired) electrons. The van der Waals surface area contributed by atoms with Crippen LogP contribution in [0.5, 0.6) is 0 Å². The van der Waals surface area contributed by atoms with Gasteiger partial charge in [-0.3, -0.25) is 9.59 Å². The summed E-state index contributed by atoms with van der Waals surface area (Å²) >= 11 is 0. The van der Waals surface area contributed by atoms with Gasteiger partial charge in [-0.25, -0.2) is 11.0 Å². The van der Waals surface area contributed by atoms with Crippen molar-refractivity contribution < 1.29 is 18.7 Å². The second-order valence-electron chi connectivity index (χ2n) is 8.58. The maximum atomic E-state index is 14.9. The number of benzene rings is 1. The van der Waals surface area contributed by atoms with Gasteiger partial charge in [-0.05, 0) is 49.3 Å². The van der Waals surface area contributed by atoms with Crippen LogP contribution in [-0.2, 0) is 26.3 Å². The van der Waals surface area contributed by atoms with Gasteiger partial charge in [0.25, 0.3) is 5.54 Å². The van der Waals surface area contributed by atoms with Crippen molar-refractivity contribution >= 4 is 11.8 Å². The predicted octanol–water partition coefficient (Wildman–Crippen LogP) is 5.53. The molecule has 0 spiro atoms. The standard InChI is InChI=1S/C24H30FNO3/c1-4-23(5-2,26-3)20-11-10-17(14-21(20)25)12-13-24(18-8-6-7-9-18)16-19(27)15-22(28)29-24/h10-11,14,18H,4-9,12-13,15-16H2,1-2H3. The molecule has 0 aromatic heterocycles. The lowest BCUT2D eigenvalue weighted by molar-refractivity contribution is -0.178. The van der Waals surface area contributed by atoms with E-state index in [-0.39, 0.29) is 30.4 Å². The molecule has 1 atom stereocenters. The van der Waals surface area contributed by atoms with Crippen LogP contribution in [0.1, 0.15) is 82.8 Å². The van der Waals surface area contributed by atoms with Crippen LogP contribution in [0.3, 0.4) is 0 Å². The van der Waals surface area contributed by atoms with Gasteiger partial charge in [-0.2, -0.15) is 0 Å². The van der Waals surface area contributed by atoms with E-state index in [1.165, 1.54) is 6.07 Å². The largest absolute Gasteiger partial charge is 0.458 e. The van der Waals surface area contributed by atoms with E-state index in [1.807, 2.05) is 19.9 Å². The highest BCUT2D eigenvalue weighted by molar-refractivity contribution is 5.98. The molecule has 1 aromatic carbocycles. The predicted molar refractivity (Wildman–Crippen MR) is 109 cm³/mol. The van der Waals surface area contributed by atoms with Crippen LogP contribution in [0.25, 0.3) is 4.85 Å². The van der Waals surface area contributed by atoms with Crippen LogP contribution < -0.4 is 0 Å². The van der Waals surface area contributed by atoms with Crippen LogP contribution in [0.2, 0.25) is 0 Å². The van der Waals surface area contributed by atoms with E-state index in [1.54, 1.807) is 6.07 Å². The number of aryl methyl sites for hydroxylation is 1. The summed E-state index contributed by atoms with van der Waals surface area (Å²) in [7, 11) is 0. The molecular formula is C24H30FNO3. The molecule has 1 aliphatic carbocycles. The zero-order valence-electron chi connectivity index (χ0n) is 17.4. The Balaban J connectivity index is 1.81. The maximum absolute atomic E-state index is 14.9. The first-order valence-corrected chi connectivity index (χ1v) is 10.8. The third-order valence-electron chi connectivity index (χ3n) is 7.01. The lowest BCUT2D eigenvalue weighted by Crippen LogP contribution is -2.48. The maximum Gasteiger partial charge on any atom is 0.313 e. The molecule has 5 heteroatoms. The summed E-state index contributed by atoms with van der Waals surface area (Å²) in [6.07, 6.45) is 6.45. The molecule has 2 aliphatic rings. The molecule has 1 heterocycles. The molecule has 1 unspecified atom stereocenters. The first kappa shape index (κ1) is 21.5. The summed E-state index contributed by atoms with van der Waals surface area (Å²) < 4.78 is 20.7. The lowest BCUT2D eigenvalue weighted by atomic mass is 9.76. The van der Waals surface area contributed by atoms with Crippen LogP contribution >= 0.6 is 0 Å². The van der Waals surface area contributed by atoms with E-state index >= 15 is 0 Å². The molecule has 1 saturated carbocycles. The Bertz CT molecular complexity index is 800. The molecular weight excluding hydrogens is 369 g/mol. The number of Topliss-reactive ketones (excluding diaryl/α,β-unsaturated/α-hetero) is 1. The van der Waals surface area contributed by atoms with Crippen molar-refractivity contribution in [1.82, 2.24) is 0 Å². The Morgan fingerprint density at radius 3 is 2.48 bits per heavy atom. The number of hydrogen-bond donors (Lipinski definition) is 0. The number of halogens is 1. The summed E-state index contributed by atoms with van der Waals surface area (Å²) in [6.45, 7) is 11.4. The van der Waals surface area contributed by atoms with E-state index in [0.717, 1.165) is 31.2 Å². The molecule has 0 amide bonds. The van der Waals surface area contributed by atoms with Gasteiger partial charge in [-0.1, -0.05) is 32.8 Å². The number of carbonyl (C=O) groups is 2. The molecule has 1 aromatic rings. The van der Waals surface area contributed by atoms with Gasteiger partial charge in [0.2, 0.25) is 0 Å². The van der Waals surface area contributed by atoms with Crippen molar-refractivity contribution in [2.45, 2.75) is 89.2 Å². The summed E-state index contributed by atoms with van der Waals surface area (Å²) in [5, 5.41) is 0. The number of ether oxygens (including phenoxy) is 1. The first-order chi connectivity index (χ1) is 13.9. The van der Waals surface area contributed by atoms with Gasteiger partial charge in [0, 0.05) is 19.3 Å². The minimum Gasteiger partial charge on any atom is -0.458 e. The number of nitrogens with zero attached hydrogens (tertiary/aromatic N) is 1. The molecule has 4 nitrogen and oxygen atoms in total. The highest BCUT2D eigenvalue weighted by Gasteiger charge is 2.47. The highest BCUT2D eigenvalue weighted by atomic mass is 19.1. The van der Waals surface area contributed by atoms with E-state index in [4.69, 9.17) is 11.3 Å². The van der Waals surface area contributed by atoms with Gasteiger partial charge in [0.05, 0.1) is 5.56 Å². The van der Waals surface area contributed by atoms with Crippen LogP contribution in [0.15, 0.2) is 18.2 Å². The lowest BCUT2D eigenvalue weighted by Gasteiger charge is -2.41. The fraction of sp³-hybridized carbons (Fsp3) is 0.625. The average Bonchev–Trinajstić information content (AvgIpc) is 3.24. The first-order valence-electron chi connectivity index (χ1n) is 10.8. The SMILES string of the molecule is [C-]#[N+]C(CC)(CC)c1ccc(CCC2(C3CCCC3)CC(=O)CC(=O)O2)cc1F. The van der Waals surface area contributed by atoms with Crippen molar-refractivity contribution in [3.05, 3.63) is 46.6 Å². The van der Waals surface area contributed by atoms with E-state index in [0.29, 0.717) is 31.2 Å². The van der Waals surface area contributed by atoms with Crippen molar-refractivity contribution in [2.75, 3.05) is 0 Å². The molecule has 156 valence electrons. The van der Waals surface area contributed by atoms with Crippen LogP contribution in [0, 0.1) is 18.3 Å². The minimum absolute atomic E-state index is 0.0533. The number of hydrogen-bond acceptors (Lipinski definition) is 3. The monoisotopic (exact) mass is 399 g/mol. The zero-order chi connectivity index (χ0) is 21.1. The Morgan fingerprint density at radius 1 is 1.24 bits per heavy atom. The molecule has 2 fully saturated rings. The van der Waals surface area contributed by atoms with Gasteiger partial charge >= 0.3 is 5.97 Å². The fourth-order valence-electron chi connectivity index (χ4n) is 5.18.